The highest BCUT2D eigenvalue weighted by Crippen LogP contribution is 2.20. The van der Waals surface area contributed by atoms with Gasteiger partial charge in [-0.3, -0.25) is 14.3 Å². The second-order valence-corrected chi connectivity index (χ2v) is 6.91. The number of hydrogen-bond acceptors (Lipinski definition) is 5. The van der Waals surface area contributed by atoms with Crippen molar-refractivity contribution in [3.05, 3.63) is 58.0 Å². The maximum Gasteiger partial charge on any atom is 0.265 e. The van der Waals surface area contributed by atoms with Crippen molar-refractivity contribution in [2.24, 2.45) is 7.05 Å². The summed E-state index contributed by atoms with van der Waals surface area (Å²) in [5.41, 5.74) is 2.40. The fourth-order valence-corrected chi connectivity index (χ4v) is 3.34. The number of furan rings is 1. The number of nitrogens with zero attached hydrogens (tertiary/aromatic N) is 4. The van der Waals surface area contributed by atoms with Crippen LogP contribution in [0, 0.1) is 13.8 Å². The van der Waals surface area contributed by atoms with E-state index in [0.29, 0.717) is 25.3 Å². The minimum absolute atomic E-state index is 0.184. The predicted octanol–water partition coefficient (Wildman–Crippen LogP) is 2.31. The molecule has 1 aromatic carbocycles. The molecule has 1 amide bonds. The van der Waals surface area contributed by atoms with Crippen LogP contribution in [0.3, 0.4) is 0 Å². The van der Waals surface area contributed by atoms with Crippen molar-refractivity contribution < 1.29 is 9.21 Å². The summed E-state index contributed by atoms with van der Waals surface area (Å²) < 4.78 is 8.75. The third-order valence-corrected chi connectivity index (χ3v) is 4.81. The molecule has 4 rings (SSSR count). The van der Waals surface area contributed by atoms with E-state index in [9.17, 15) is 9.59 Å². The standard InChI is InChI=1S/C20H21N5O3/c1-12-5-6-14-10-23-25(15(14)9-12)8-4-7-21-18(26)16-13(2)28-19-17(16)20(27)24(3)11-22-19/h5-6,9-11H,4,7-8H2,1-3H3,(H,21,26). The molecule has 0 atom stereocenters. The molecular formula is C20H21N5O3. The molecule has 0 aliphatic carbocycles. The van der Waals surface area contributed by atoms with Crippen molar-refractivity contribution in [1.29, 1.82) is 0 Å². The van der Waals surface area contributed by atoms with Gasteiger partial charge in [0.15, 0.2) is 0 Å². The quantitative estimate of drug-likeness (QED) is 0.537. The van der Waals surface area contributed by atoms with Crippen LogP contribution in [0.4, 0.5) is 0 Å². The largest absolute Gasteiger partial charge is 0.442 e. The molecule has 1 N–H and O–H groups in total. The van der Waals surface area contributed by atoms with Crippen LogP contribution in [0.1, 0.15) is 28.1 Å². The van der Waals surface area contributed by atoms with E-state index in [0.717, 1.165) is 10.9 Å². The number of rotatable bonds is 5. The first kappa shape index (κ1) is 18.0. The lowest BCUT2D eigenvalue weighted by atomic mass is 10.1. The topological polar surface area (TPSA) is 94.9 Å². The first-order valence-corrected chi connectivity index (χ1v) is 9.11. The molecule has 0 aliphatic rings. The molecule has 0 radical (unpaired) electrons. The Morgan fingerprint density at radius 3 is 2.93 bits per heavy atom. The van der Waals surface area contributed by atoms with Crippen molar-refractivity contribution in [2.75, 3.05) is 6.54 Å². The number of nitrogens with one attached hydrogen (secondary N) is 1. The molecule has 0 saturated heterocycles. The molecule has 144 valence electrons. The number of aryl methyl sites for hydroxylation is 4. The number of carbonyl (C=O) groups is 1. The number of carbonyl (C=O) groups excluding carboxylic acids is 1. The van der Waals surface area contributed by atoms with Gasteiger partial charge in [0.25, 0.3) is 11.5 Å². The summed E-state index contributed by atoms with van der Waals surface area (Å²) in [6.45, 7) is 4.85. The summed E-state index contributed by atoms with van der Waals surface area (Å²) >= 11 is 0. The molecular weight excluding hydrogens is 358 g/mol. The molecule has 0 spiro atoms. The van der Waals surface area contributed by atoms with Gasteiger partial charge in [-0.25, -0.2) is 4.98 Å². The Morgan fingerprint density at radius 2 is 2.11 bits per heavy atom. The van der Waals surface area contributed by atoms with Crippen LogP contribution in [0.5, 0.6) is 0 Å². The highest BCUT2D eigenvalue weighted by molar-refractivity contribution is 6.06. The molecule has 3 heterocycles. The monoisotopic (exact) mass is 379 g/mol. The summed E-state index contributed by atoms with van der Waals surface area (Å²) in [4.78, 5) is 29.1. The smallest absolute Gasteiger partial charge is 0.265 e. The molecule has 0 unspecified atom stereocenters. The number of amides is 1. The Bertz CT molecular complexity index is 1250. The zero-order valence-corrected chi connectivity index (χ0v) is 16.0. The molecule has 0 aliphatic heterocycles. The summed E-state index contributed by atoms with van der Waals surface area (Å²) in [5.74, 6) is 0.0550. The zero-order chi connectivity index (χ0) is 19.8. The van der Waals surface area contributed by atoms with Crippen LogP contribution in [0.2, 0.25) is 0 Å². The zero-order valence-electron chi connectivity index (χ0n) is 16.0. The Balaban J connectivity index is 1.46. The average molecular weight is 379 g/mol. The van der Waals surface area contributed by atoms with E-state index < -0.39 is 0 Å². The van der Waals surface area contributed by atoms with Crippen LogP contribution in [-0.4, -0.2) is 31.8 Å². The van der Waals surface area contributed by atoms with Gasteiger partial charge in [0.1, 0.15) is 17.5 Å². The maximum atomic E-state index is 12.7. The number of fused-ring (bicyclic) bond motifs is 2. The second-order valence-electron chi connectivity index (χ2n) is 6.91. The Labute approximate surface area is 160 Å². The van der Waals surface area contributed by atoms with Crippen molar-refractivity contribution >= 4 is 27.9 Å². The summed E-state index contributed by atoms with van der Waals surface area (Å²) in [6, 6.07) is 6.22. The third kappa shape index (κ3) is 3.06. The highest BCUT2D eigenvalue weighted by Gasteiger charge is 2.22. The van der Waals surface area contributed by atoms with E-state index in [-0.39, 0.29) is 28.1 Å². The van der Waals surface area contributed by atoms with Crippen molar-refractivity contribution in [2.45, 2.75) is 26.8 Å². The minimum atomic E-state index is -0.331. The van der Waals surface area contributed by atoms with Gasteiger partial charge in [-0.2, -0.15) is 5.10 Å². The molecule has 0 fully saturated rings. The van der Waals surface area contributed by atoms with Gasteiger partial charge in [-0.1, -0.05) is 12.1 Å². The number of benzene rings is 1. The van der Waals surface area contributed by atoms with E-state index >= 15 is 0 Å². The number of aromatic nitrogens is 4. The first-order valence-electron chi connectivity index (χ1n) is 9.11. The van der Waals surface area contributed by atoms with E-state index in [1.54, 1.807) is 14.0 Å². The van der Waals surface area contributed by atoms with Gasteiger partial charge in [0.05, 0.1) is 17.3 Å². The van der Waals surface area contributed by atoms with Crippen LogP contribution < -0.4 is 10.9 Å². The average Bonchev–Trinajstić information content (AvgIpc) is 3.22. The lowest BCUT2D eigenvalue weighted by Gasteiger charge is -2.07. The van der Waals surface area contributed by atoms with Crippen molar-refractivity contribution in [3.8, 4) is 0 Å². The van der Waals surface area contributed by atoms with Crippen LogP contribution in [0.25, 0.3) is 22.0 Å². The van der Waals surface area contributed by atoms with Gasteiger partial charge in [0, 0.05) is 25.5 Å². The SMILES string of the molecule is Cc1ccc2cnn(CCCNC(=O)c3c(C)oc4ncn(C)c(=O)c34)c2c1. The number of hydrogen-bond donors (Lipinski definition) is 1. The van der Waals surface area contributed by atoms with Gasteiger partial charge in [0.2, 0.25) is 5.71 Å². The summed E-state index contributed by atoms with van der Waals surface area (Å²) in [6.07, 6.45) is 3.93. The Kier molecular flexibility index (Phi) is 4.46. The van der Waals surface area contributed by atoms with E-state index in [1.807, 2.05) is 17.8 Å². The molecule has 0 saturated carbocycles. The van der Waals surface area contributed by atoms with E-state index in [4.69, 9.17) is 4.42 Å². The second kappa shape index (κ2) is 6.95. The molecule has 4 aromatic rings. The van der Waals surface area contributed by atoms with Crippen LogP contribution in [-0.2, 0) is 13.6 Å². The highest BCUT2D eigenvalue weighted by atomic mass is 16.3. The van der Waals surface area contributed by atoms with Gasteiger partial charge in [-0.05, 0) is 31.9 Å². The predicted molar refractivity (Wildman–Crippen MR) is 105 cm³/mol. The van der Waals surface area contributed by atoms with Crippen LogP contribution >= 0.6 is 0 Å². The molecule has 8 heteroatoms. The molecule has 28 heavy (non-hydrogen) atoms. The van der Waals surface area contributed by atoms with Crippen molar-refractivity contribution in [3.63, 3.8) is 0 Å². The van der Waals surface area contributed by atoms with Gasteiger partial charge in [-0.15, -0.1) is 0 Å². The minimum Gasteiger partial charge on any atom is -0.442 e. The first-order chi connectivity index (χ1) is 13.5. The summed E-state index contributed by atoms with van der Waals surface area (Å²) in [5, 5.41) is 8.60. The normalized spacial score (nSPS) is 11.4. The van der Waals surface area contributed by atoms with Gasteiger partial charge < -0.3 is 14.3 Å². The van der Waals surface area contributed by atoms with E-state index in [1.165, 1.54) is 16.5 Å². The Morgan fingerprint density at radius 1 is 1.29 bits per heavy atom. The maximum absolute atomic E-state index is 12.7. The fraction of sp³-hybridized carbons (Fsp3) is 0.300. The van der Waals surface area contributed by atoms with Crippen molar-refractivity contribution in [1.82, 2.24) is 24.6 Å². The summed E-state index contributed by atoms with van der Waals surface area (Å²) in [7, 11) is 1.59. The molecule has 3 aromatic heterocycles. The third-order valence-electron chi connectivity index (χ3n) is 4.81. The lowest BCUT2D eigenvalue weighted by Crippen LogP contribution is -2.27. The molecule has 0 bridgehead atoms. The fourth-order valence-electron chi connectivity index (χ4n) is 3.34. The van der Waals surface area contributed by atoms with Crippen LogP contribution in [0.15, 0.2) is 39.9 Å². The van der Waals surface area contributed by atoms with Gasteiger partial charge >= 0.3 is 0 Å². The lowest BCUT2D eigenvalue weighted by molar-refractivity contribution is 0.0952. The Hall–Kier alpha value is -3.42. The van der Waals surface area contributed by atoms with E-state index in [2.05, 4.69) is 33.6 Å². The molecule has 8 nitrogen and oxygen atoms in total.